The Hall–Kier alpha value is -0.300. The van der Waals surface area contributed by atoms with Crippen LogP contribution in [-0.4, -0.2) is 10.7 Å². The lowest BCUT2D eigenvalue weighted by molar-refractivity contribution is -0.0299. The molecule has 0 amide bonds. The maximum Gasteiger partial charge on any atom is 0.0682 e. The molecule has 1 nitrogen and oxygen atoms in total. The highest BCUT2D eigenvalue weighted by Gasteiger charge is 2.32. The van der Waals surface area contributed by atoms with Gasteiger partial charge in [0, 0.05) is 0 Å². The topological polar surface area (TPSA) is 20.2 Å². The third kappa shape index (κ3) is 6.83. The Morgan fingerprint density at radius 2 is 1.62 bits per heavy atom. The number of rotatable bonds is 2. The second-order valence-corrected chi connectivity index (χ2v) is 2.85. The van der Waals surface area contributed by atoms with E-state index in [0.29, 0.717) is 0 Å². The largest absolute Gasteiger partial charge is 0.390 e. The van der Waals surface area contributed by atoms with E-state index in [1.807, 2.05) is 46.8 Å². The quantitative estimate of drug-likeness (QED) is 0.648. The molecule has 1 aliphatic carbocycles. The minimum absolute atomic E-state index is 0.313. The molecular weight excluding hydrogens is 160 g/mol. The summed E-state index contributed by atoms with van der Waals surface area (Å²) in [4.78, 5) is 0. The predicted octanol–water partition coefficient (Wildman–Crippen LogP) is 3.92. The molecule has 0 heterocycles. The molecule has 1 rings (SSSR count). The van der Waals surface area contributed by atoms with Crippen molar-refractivity contribution in [3.63, 3.8) is 0 Å². The number of hydrogen-bond donors (Lipinski definition) is 1. The van der Waals surface area contributed by atoms with Crippen molar-refractivity contribution in [3.05, 3.63) is 12.2 Å². The van der Waals surface area contributed by atoms with Crippen molar-refractivity contribution in [2.24, 2.45) is 0 Å². The van der Waals surface area contributed by atoms with Crippen LogP contribution >= 0.6 is 0 Å². The number of aliphatic hydroxyl groups is 1. The molecular formula is C12H26O. The molecule has 13 heavy (non-hydrogen) atoms. The zero-order valence-corrected chi connectivity index (χ0v) is 9.93. The molecule has 0 unspecified atom stereocenters. The summed E-state index contributed by atoms with van der Waals surface area (Å²) in [5.74, 6) is 0. The minimum Gasteiger partial charge on any atom is -0.390 e. The molecule has 0 aromatic rings. The van der Waals surface area contributed by atoms with Gasteiger partial charge in [-0.3, -0.25) is 0 Å². The van der Waals surface area contributed by atoms with Crippen LogP contribution in [0.25, 0.3) is 0 Å². The number of hydrogen-bond acceptors (Lipinski definition) is 1. The van der Waals surface area contributed by atoms with Gasteiger partial charge in [-0.2, -0.15) is 0 Å². The Morgan fingerprint density at radius 1 is 1.15 bits per heavy atom. The van der Waals surface area contributed by atoms with E-state index >= 15 is 0 Å². The van der Waals surface area contributed by atoms with Gasteiger partial charge in [-0.25, -0.2) is 0 Å². The summed E-state index contributed by atoms with van der Waals surface area (Å²) in [6, 6.07) is 0. The van der Waals surface area contributed by atoms with Gasteiger partial charge in [0.2, 0.25) is 0 Å². The van der Waals surface area contributed by atoms with Gasteiger partial charge in [-0.05, 0) is 32.6 Å². The Labute approximate surface area is 83.9 Å². The summed E-state index contributed by atoms with van der Waals surface area (Å²) in [5, 5.41) is 9.49. The lowest BCUT2D eigenvalue weighted by Gasteiger charge is -2.35. The zero-order valence-electron chi connectivity index (χ0n) is 9.93. The molecule has 1 N–H and O–H groups in total. The van der Waals surface area contributed by atoms with Gasteiger partial charge in [-0.1, -0.05) is 39.8 Å². The van der Waals surface area contributed by atoms with Crippen LogP contribution in [0, 0.1) is 0 Å². The van der Waals surface area contributed by atoms with Gasteiger partial charge < -0.3 is 5.11 Å². The van der Waals surface area contributed by atoms with Crippen molar-refractivity contribution in [1.29, 1.82) is 0 Å². The van der Waals surface area contributed by atoms with E-state index < -0.39 is 0 Å². The Balaban J connectivity index is 0. The summed E-state index contributed by atoms with van der Waals surface area (Å²) < 4.78 is 0. The molecule has 0 bridgehead atoms. The average Bonchev–Trinajstić information content (AvgIpc) is 2.18. The standard InChI is InChI=1S/C8H14O.2C2H6/c1-2-3-5-8(9)6-4-7-8;2*1-2/h2-3,9H,4-7H2,1H3;2*1-2H3/b3-2+;;. The SMILES string of the molecule is C/C=C/CC1(O)CCC1.CC.CC. The highest BCUT2D eigenvalue weighted by atomic mass is 16.3. The van der Waals surface area contributed by atoms with Gasteiger partial charge in [0.1, 0.15) is 0 Å². The van der Waals surface area contributed by atoms with Crippen molar-refractivity contribution in [2.45, 2.75) is 65.9 Å². The van der Waals surface area contributed by atoms with Crippen LogP contribution in [0.4, 0.5) is 0 Å². The molecule has 1 aliphatic rings. The zero-order chi connectivity index (χ0) is 10.7. The molecule has 0 radical (unpaired) electrons. The lowest BCUT2D eigenvalue weighted by Crippen LogP contribution is -2.35. The van der Waals surface area contributed by atoms with Crippen molar-refractivity contribution < 1.29 is 5.11 Å². The highest BCUT2D eigenvalue weighted by Crippen LogP contribution is 2.34. The molecule has 1 fully saturated rings. The van der Waals surface area contributed by atoms with E-state index in [1.165, 1.54) is 6.42 Å². The molecule has 0 aromatic carbocycles. The summed E-state index contributed by atoms with van der Waals surface area (Å²) in [5.41, 5.74) is -0.313. The molecule has 0 aliphatic heterocycles. The second kappa shape index (κ2) is 9.79. The van der Waals surface area contributed by atoms with E-state index in [9.17, 15) is 5.11 Å². The first-order chi connectivity index (χ1) is 6.27. The van der Waals surface area contributed by atoms with Crippen LogP contribution in [-0.2, 0) is 0 Å². The predicted molar refractivity (Wildman–Crippen MR) is 60.9 cm³/mol. The van der Waals surface area contributed by atoms with Crippen LogP contribution in [0.5, 0.6) is 0 Å². The first kappa shape index (κ1) is 15.2. The van der Waals surface area contributed by atoms with E-state index in [-0.39, 0.29) is 5.60 Å². The van der Waals surface area contributed by atoms with Crippen LogP contribution in [0.1, 0.15) is 60.3 Å². The van der Waals surface area contributed by atoms with Crippen LogP contribution in [0.2, 0.25) is 0 Å². The second-order valence-electron chi connectivity index (χ2n) is 2.85. The van der Waals surface area contributed by atoms with Gasteiger partial charge in [0.05, 0.1) is 5.60 Å². The summed E-state index contributed by atoms with van der Waals surface area (Å²) >= 11 is 0. The van der Waals surface area contributed by atoms with E-state index in [2.05, 4.69) is 0 Å². The monoisotopic (exact) mass is 186 g/mol. The maximum absolute atomic E-state index is 9.49. The molecule has 80 valence electrons. The van der Waals surface area contributed by atoms with E-state index in [1.54, 1.807) is 0 Å². The van der Waals surface area contributed by atoms with Crippen molar-refractivity contribution >= 4 is 0 Å². The molecule has 0 atom stereocenters. The lowest BCUT2D eigenvalue weighted by atomic mass is 9.78. The van der Waals surface area contributed by atoms with Crippen LogP contribution in [0.15, 0.2) is 12.2 Å². The Morgan fingerprint density at radius 3 is 1.85 bits per heavy atom. The Bertz CT molecular complexity index is 112. The third-order valence-corrected chi connectivity index (χ3v) is 2.02. The third-order valence-electron chi connectivity index (χ3n) is 2.02. The summed E-state index contributed by atoms with van der Waals surface area (Å²) in [6.45, 7) is 9.99. The highest BCUT2D eigenvalue weighted by molar-refractivity contribution is 4.95. The first-order valence-electron chi connectivity index (χ1n) is 5.60. The average molecular weight is 186 g/mol. The fourth-order valence-electron chi connectivity index (χ4n) is 1.13. The van der Waals surface area contributed by atoms with Crippen LogP contribution in [0.3, 0.4) is 0 Å². The molecule has 0 aromatic heterocycles. The normalized spacial score (nSPS) is 17.7. The minimum atomic E-state index is -0.313. The summed E-state index contributed by atoms with van der Waals surface area (Å²) in [6.07, 6.45) is 8.09. The molecule has 0 saturated heterocycles. The summed E-state index contributed by atoms with van der Waals surface area (Å²) in [7, 11) is 0. The smallest absolute Gasteiger partial charge is 0.0682 e. The number of allylic oxidation sites excluding steroid dienone is 1. The first-order valence-corrected chi connectivity index (χ1v) is 5.60. The van der Waals surface area contributed by atoms with Gasteiger partial charge in [-0.15, -0.1) is 0 Å². The fraction of sp³-hybridized carbons (Fsp3) is 0.833. The molecule has 0 spiro atoms. The molecule has 1 heteroatoms. The van der Waals surface area contributed by atoms with Gasteiger partial charge in [0.15, 0.2) is 0 Å². The maximum atomic E-state index is 9.49. The van der Waals surface area contributed by atoms with Gasteiger partial charge in [0.25, 0.3) is 0 Å². The van der Waals surface area contributed by atoms with E-state index in [4.69, 9.17) is 0 Å². The van der Waals surface area contributed by atoms with Crippen molar-refractivity contribution in [1.82, 2.24) is 0 Å². The van der Waals surface area contributed by atoms with Gasteiger partial charge >= 0.3 is 0 Å². The van der Waals surface area contributed by atoms with Crippen molar-refractivity contribution in [3.8, 4) is 0 Å². The molecule has 1 saturated carbocycles. The Kier molecular flexibility index (Phi) is 11.4. The van der Waals surface area contributed by atoms with E-state index in [0.717, 1.165) is 19.3 Å². The fourth-order valence-corrected chi connectivity index (χ4v) is 1.13. The van der Waals surface area contributed by atoms with Crippen LogP contribution < -0.4 is 0 Å². The van der Waals surface area contributed by atoms with Crippen molar-refractivity contribution in [2.75, 3.05) is 0 Å².